The summed E-state index contributed by atoms with van der Waals surface area (Å²) in [7, 11) is -0.976. The van der Waals surface area contributed by atoms with Gasteiger partial charge in [-0.05, 0) is 43.3 Å². The maximum atomic E-state index is 13.4. The monoisotopic (exact) mass is 440 g/mol. The van der Waals surface area contributed by atoms with E-state index in [-0.39, 0.29) is 4.90 Å². The molecule has 0 fully saturated rings. The molecule has 3 rings (SSSR count). The van der Waals surface area contributed by atoms with Crippen molar-refractivity contribution in [2.75, 3.05) is 30.4 Å². The number of hydrogen-bond acceptors (Lipinski definition) is 5. The van der Waals surface area contributed by atoms with Crippen molar-refractivity contribution in [1.29, 1.82) is 0 Å². The predicted molar refractivity (Wildman–Crippen MR) is 120 cm³/mol. The number of nitrogens with zero attached hydrogens (tertiary/aromatic N) is 1. The van der Waals surface area contributed by atoms with Gasteiger partial charge in [-0.25, -0.2) is 8.42 Å². The van der Waals surface area contributed by atoms with Gasteiger partial charge >= 0.3 is 0 Å². The molecule has 0 spiro atoms. The van der Waals surface area contributed by atoms with Gasteiger partial charge in [0.2, 0.25) is 5.91 Å². The fourth-order valence-corrected chi connectivity index (χ4v) is 4.40. The van der Waals surface area contributed by atoms with Crippen LogP contribution in [0.3, 0.4) is 0 Å². The van der Waals surface area contributed by atoms with Crippen molar-refractivity contribution < 1.29 is 22.7 Å². The molecule has 0 aliphatic carbocycles. The number of benzene rings is 3. The van der Waals surface area contributed by atoms with Gasteiger partial charge in [-0.3, -0.25) is 9.10 Å². The highest BCUT2D eigenvalue weighted by atomic mass is 32.2. The Labute approximate surface area is 182 Å². The Kier molecular flexibility index (Phi) is 6.81. The van der Waals surface area contributed by atoms with E-state index in [2.05, 4.69) is 5.32 Å². The highest BCUT2D eigenvalue weighted by molar-refractivity contribution is 7.92. The molecule has 0 aromatic heterocycles. The molecular weight excluding hydrogens is 416 g/mol. The number of aryl methyl sites for hydroxylation is 1. The molecule has 162 valence electrons. The Morgan fingerprint density at radius 1 is 0.935 bits per heavy atom. The summed E-state index contributed by atoms with van der Waals surface area (Å²) < 4.78 is 38.3. The summed E-state index contributed by atoms with van der Waals surface area (Å²) >= 11 is 0. The minimum absolute atomic E-state index is 0.105. The van der Waals surface area contributed by atoms with Crippen LogP contribution in [-0.2, 0) is 14.8 Å². The summed E-state index contributed by atoms with van der Waals surface area (Å²) in [6.07, 6.45) is 0. The zero-order valence-electron chi connectivity index (χ0n) is 17.5. The van der Waals surface area contributed by atoms with Crippen LogP contribution >= 0.6 is 0 Å². The molecule has 3 aromatic rings. The fraction of sp³-hybridized carbons (Fsp3) is 0.174. The smallest absolute Gasteiger partial charge is 0.264 e. The Morgan fingerprint density at radius 3 is 2.23 bits per heavy atom. The van der Waals surface area contributed by atoms with Gasteiger partial charge in [-0.1, -0.05) is 35.9 Å². The Morgan fingerprint density at radius 2 is 1.61 bits per heavy atom. The molecule has 0 atom stereocenters. The predicted octanol–water partition coefficient (Wildman–Crippen LogP) is 3.85. The third kappa shape index (κ3) is 5.16. The minimum atomic E-state index is -3.97. The number of amides is 1. The maximum Gasteiger partial charge on any atom is 0.264 e. The molecule has 3 aromatic carbocycles. The van der Waals surface area contributed by atoms with E-state index in [0.717, 1.165) is 9.87 Å². The third-order valence-electron chi connectivity index (χ3n) is 4.62. The van der Waals surface area contributed by atoms with Crippen molar-refractivity contribution in [2.45, 2.75) is 11.8 Å². The number of ether oxygens (including phenoxy) is 2. The van der Waals surface area contributed by atoms with Gasteiger partial charge in [0.25, 0.3) is 10.0 Å². The molecule has 0 saturated heterocycles. The minimum Gasteiger partial charge on any atom is -0.497 e. The van der Waals surface area contributed by atoms with Gasteiger partial charge in [0.05, 0.1) is 30.5 Å². The van der Waals surface area contributed by atoms with E-state index in [4.69, 9.17) is 9.47 Å². The standard InChI is InChI=1S/C23H24N2O5S/c1-17-9-12-20(13-10-17)31(27,28)25(18-7-5-4-6-8-18)16-23(26)24-21-15-19(29-2)11-14-22(21)30-3/h4-15H,16H2,1-3H3,(H,24,26). The van der Waals surface area contributed by atoms with E-state index < -0.39 is 22.5 Å². The second-order valence-corrected chi connectivity index (χ2v) is 8.64. The molecule has 0 aliphatic heterocycles. The van der Waals surface area contributed by atoms with Crippen LogP contribution in [0.15, 0.2) is 77.7 Å². The second kappa shape index (κ2) is 9.53. The molecule has 1 amide bonds. The summed E-state index contributed by atoms with van der Waals surface area (Å²) in [5.74, 6) is 0.441. The number of rotatable bonds is 8. The highest BCUT2D eigenvalue weighted by Gasteiger charge is 2.27. The molecule has 0 aliphatic rings. The first-order valence-electron chi connectivity index (χ1n) is 9.51. The summed E-state index contributed by atoms with van der Waals surface area (Å²) in [6, 6.07) is 20.0. The maximum absolute atomic E-state index is 13.4. The van der Waals surface area contributed by atoms with E-state index in [9.17, 15) is 13.2 Å². The first-order valence-corrected chi connectivity index (χ1v) is 11.0. The molecule has 0 heterocycles. The van der Waals surface area contributed by atoms with Crippen LogP contribution < -0.4 is 19.1 Å². The number of carbonyl (C=O) groups excluding carboxylic acids is 1. The van der Waals surface area contributed by atoms with Crippen LogP contribution in [0.5, 0.6) is 11.5 Å². The topological polar surface area (TPSA) is 84.9 Å². The summed E-state index contributed by atoms with van der Waals surface area (Å²) in [6.45, 7) is 1.46. The van der Waals surface area contributed by atoms with Gasteiger partial charge < -0.3 is 14.8 Å². The zero-order chi connectivity index (χ0) is 22.4. The van der Waals surface area contributed by atoms with Crippen LogP contribution in [0.2, 0.25) is 0 Å². The Bertz CT molecular complexity index is 1150. The van der Waals surface area contributed by atoms with Gasteiger partial charge in [0.1, 0.15) is 18.0 Å². The van der Waals surface area contributed by atoms with E-state index in [0.29, 0.717) is 22.9 Å². The van der Waals surface area contributed by atoms with Crippen LogP contribution in [0, 0.1) is 6.92 Å². The van der Waals surface area contributed by atoms with Crippen LogP contribution in [-0.4, -0.2) is 35.1 Å². The van der Waals surface area contributed by atoms with E-state index >= 15 is 0 Å². The summed E-state index contributed by atoms with van der Waals surface area (Å²) in [5.41, 5.74) is 1.71. The van der Waals surface area contributed by atoms with Gasteiger partial charge in [-0.2, -0.15) is 0 Å². The lowest BCUT2D eigenvalue weighted by Crippen LogP contribution is -2.38. The lowest BCUT2D eigenvalue weighted by Gasteiger charge is -2.24. The number of carbonyl (C=O) groups is 1. The SMILES string of the molecule is COc1ccc(OC)c(NC(=O)CN(c2ccccc2)S(=O)(=O)c2ccc(C)cc2)c1. The lowest BCUT2D eigenvalue weighted by atomic mass is 10.2. The van der Waals surface area contributed by atoms with Crippen molar-refractivity contribution in [3.05, 3.63) is 78.4 Å². The van der Waals surface area contributed by atoms with E-state index in [1.54, 1.807) is 60.7 Å². The third-order valence-corrected chi connectivity index (χ3v) is 6.41. The second-order valence-electron chi connectivity index (χ2n) is 6.77. The molecule has 0 bridgehead atoms. The van der Waals surface area contributed by atoms with Gasteiger partial charge in [0.15, 0.2) is 0 Å². The van der Waals surface area contributed by atoms with Crippen LogP contribution in [0.1, 0.15) is 5.56 Å². The van der Waals surface area contributed by atoms with Crippen molar-refractivity contribution in [2.24, 2.45) is 0 Å². The summed E-state index contributed by atoms with van der Waals surface area (Å²) in [4.78, 5) is 13.0. The average molecular weight is 441 g/mol. The number of anilines is 2. The van der Waals surface area contributed by atoms with Crippen molar-refractivity contribution in [1.82, 2.24) is 0 Å². The first kappa shape index (κ1) is 22.2. The highest BCUT2D eigenvalue weighted by Crippen LogP contribution is 2.29. The van der Waals surface area contributed by atoms with Gasteiger partial charge in [0, 0.05) is 6.07 Å². The number of para-hydroxylation sites is 1. The van der Waals surface area contributed by atoms with Gasteiger partial charge in [-0.15, -0.1) is 0 Å². The van der Waals surface area contributed by atoms with Crippen LogP contribution in [0.4, 0.5) is 11.4 Å². The number of sulfonamides is 1. The van der Waals surface area contributed by atoms with E-state index in [1.807, 2.05) is 6.92 Å². The van der Waals surface area contributed by atoms with Crippen molar-refractivity contribution in [3.8, 4) is 11.5 Å². The molecule has 0 radical (unpaired) electrons. The number of nitrogens with one attached hydrogen (secondary N) is 1. The van der Waals surface area contributed by atoms with Crippen molar-refractivity contribution in [3.63, 3.8) is 0 Å². The molecule has 0 saturated carbocycles. The molecule has 31 heavy (non-hydrogen) atoms. The Hall–Kier alpha value is -3.52. The normalized spacial score (nSPS) is 10.9. The lowest BCUT2D eigenvalue weighted by molar-refractivity contribution is -0.114. The van der Waals surface area contributed by atoms with E-state index in [1.165, 1.54) is 26.4 Å². The van der Waals surface area contributed by atoms with Crippen LogP contribution in [0.25, 0.3) is 0 Å². The molecule has 1 N–H and O–H groups in total. The molecular formula is C23H24N2O5S. The molecule has 7 nitrogen and oxygen atoms in total. The molecule has 0 unspecified atom stereocenters. The number of methoxy groups -OCH3 is 2. The summed E-state index contributed by atoms with van der Waals surface area (Å²) in [5, 5.41) is 2.72. The van der Waals surface area contributed by atoms with Crippen molar-refractivity contribution >= 4 is 27.3 Å². The zero-order valence-corrected chi connectivity index (χ0v) is 18.3. The first-order chi connectivity index (χ1) is 14.8. The quantitative estimate of drug-likeness (QED) is 0.575. The average Bonchev–Trinajstić information content (AvgIpc) is 2.78. The largest absolute Gasteiger partial charge is 0.497 e. The molecule has 8 heteroatoms. The number of hydrogen-bond donors (Lipinski definition) is 1. The fourth-order valence-electron chi connectivity index (χ4n) is 2.98. The Balaban J connectivity index is 1.93.